The summed E-state index contributed by atoms with van der Waals surface area (Å²) in [5, 5.41) is 3.61. The van der Waals surface area contributed by atoms with Gasteiger partial charge in [-0.1, -0.05) is 17.7 Å². The standard InChI is InChI=1S/C15H21BBrClN2O2/c1-14(2)15(3,4)22-16(21-14)11(8-19-5)6-10-7-13(18)20-9-12(10)17/h6-7,9,19H,8H2,1-5H3. The van der Waals surface area contributed by atoms with Crippen molar-refractivity contribution >= 4 is 40.7 Å². The van der Waals surface area contributed by atoms with Gasteiger partial charge in [0.25, 0.3) is 0 Å². The molecule has 1 N–H and O–H groups in total. The Balaban J connectivity index is 2.35. The summed E-state index contributed by atoms with van der Waals surface area (Å²) in [5.74, 6) is 0. The lowest BCUT2D eigenvalue weighted by molar-refractivity contribution is 0.00578. The second kappa shape index (κ2) is 6.61. The molecule has 1 aliphatic rings. The Labute approximate surface area is 145 Å². The lowest BCUT2D eigenvalue weighted by atomic mass is 9.77. The van der Waals surface area contributed by atoms with Crippen molar-refractivity contribution in [1.29, 1.82) is 0 Å². The van der Waals surface area contributed by atoms with Crippen LogP contribution in [0.4, 0.5) is 0 Å². The number of hydrogen-bond acceptors (Lipinski definition) is 4. The summed E-state index contributed by atoms with van der Waals surface area (Å²) in [6, 6.07) is 1.81. The molecule has 0 radical (unpaired) electrons. The number of rotatable bonds is 4. The van der Waals surface area contributed by atoms with Gasteiger partial charge >= 0.3 is 7.12 Å². The normalized spacial score (nSPS) is 20.5. The van der Waals surface area contributed by atoms with E-state index in [1.807, 2.05) is 46.9 Å². The van der Waals surface area contributed by atoms with Crippen molar-refractivity contribution in [3.63, 3.8) is 0 Å². The van der Waals surface area contributed by atoms with Crippen molar-refractivity contribution in [2.24, 2.45) is 0 Å². The third-order valence-corrected chi connectivity index (χ3v) is 5.00. The SMILES string of the molecule is CNCC(=Cc1cc(Cl)ncc1Br)B1OC(C)(C)C(C)(C)O1. The molecule has 1 saturated heterocycles. The molecule has 120 valence electrons. The van der Waals surface area contributed by atoms with Gasteiger partial charge < -0.3 is 14.6 Å². The zero-order chi connectivity index (χ0) is 16.5. The molecule has 0 spiro atoms. The maximum atomic E-state index is 6.13. The van der Waals surface area contributed by atoms with Crippen LogP contribution in [0, 0.1) is 0 Å². The summed E-state index contributed by atoms with van der Waals surface area (Å²) < 4.78 is 13.1. The van der Waals surface area contributed by atoms with Crippen LogP contribution in [-0.2, 0) is 9.31 Å². The van der Waals surface area contributed by atoms with E-state index < -0.39 is 7.12 Å². The van der Waals surface area contributed by atoms with E-state index in [2.05, 4.69) is 26.2 Å². The average Bonchev–Trinajstić information content (AvgIpc) is 2.62. The highest BCUT2D eigenvalue weighted by Gasteiger charge is 2.52. The minimum atomic E-state index is -0.392. The minimum absolute atomic E-state index is 0.363. The van der Waals surface area contributed by atoms with Gasteiger partial charge in [-0.3, -0.25) is 0 Å². The van der Waals surface area contributed by atoms with Gasteiger partial charge in [0.1, 0.15) is 5.15 Å². The molecule has 4 nitrogen and oxygen atoms in total. The first-order chi connectivity index (χ1) is 10.2. The zero-order valence-electron chi connectivity index (χ0n) is 13.5. The quantitative estimate of drug-likeness (QED) is 0.632. The number of nitrogens with zero attached hydrogens (tertiary/aromatic N) is 1. The Bertz CT molecular complexity index is 577. The van der Waals surface area contributed by atoms with Crippen LogP contribution in [0.5, 0.6) is 0 Å². The van der Waals surface area contributed by atoms with Crippen molar-refractivity contribution in [1.82, 2.24) is 10.3 Å². The van der Waals surface area contributed by atoms with Crippen LogP contribution in [0.2, 0.25) is 5.15 Å². The largest absolute Gasteiger partial charge is 0.491 e. The van der Waals surface area contributed by atoms with Gasteiger partial charge in [0.15, 0.2) is 0 Å². The zero-order valence-corrected chi connectivity index (χ0v) is 15.9. The number of likely N-dealkylation sites (N-methyl/N-ethyl adjacent to an activating group) is 1. The first kappa shape index (κ1) is 18.0. The van der Waals surface area contributed by atoms with Gasteiger partial charge in [-0.25, -0.2) is 4.98 Å². The Kier molecular flexibility index (Phi) is 5.40. The molecular weight excluding hydrogens is 366 g/mol. The minimum Gasteiger partial charge on any atom is -0.400 e. The van der Waals surface area contributed by atoms with Gasteiger partial charge in [0, 0.05) is 17.2 Å². The van der Waals surface area contributed by atoms with Crippen LogP contribution >= 0.6 is 27.5 Å². The van der Waals surface area contributed by atoms with Gasteiger partial charge in [-0.2, -0.15) is 0 Å². The van der Waals surface area contributed by atoms with Crippen molar-refractivity contribution in [2.45, 2.75) is 38.9 Å². The van der Waals surface area contributed by atoms with Crippen LogP contribution in [0.3, 0.4) is 0 Å². The Morgan fingerprint density at radius 1 is 1.36 bits per heavy atom. The fourth-order valence-electron chi connectivity index (χ4n) is 2.14. The smallest absolute Gasteiger partial charge is 0.400 e. The molecule has 0 amide bonds. The van der Waals surface area contributed by atoms with E-state index >= 15 is 0 Å². The highest BCUT2D eigenvalue weighted by atomic mass is 79.9. The number of aromatic nitrogens is 1. The molecular formula is C15H21BBrClN2O2. The van der Waals surface area contributed by atoms with Crippen molar-refractivity contribution in [3.8, 4) is 0 Å². The molecule has 0 aromatic carbocycles. The van der Waals surface area contributed by atoms with E-state index in [1.54, 1.807) is 6.20 Å². The number of hydrogen-bond donors (Lipinski definition) is 1. The number of nitrogens with one attached hydrogen (secondary N) is 1. The highest BCUT2D eigenvalue weighted by molar-refractivity contribution is 9.10. The lowest BCUT2D eigenvalue weighted by Crippen LogP contribution is -2.41. The van der Waals surface area contributed by atoms with Crippen LogP contribution < -0.4 is 5.32 Å². The fourth-order valence-corrected chi connectivity index (χ4v) is 2.64. The Morgan fingerprint density at radius 3 is 2.50 bits per heavy atom. The van der Waals surface area contributed by atoms with E-state index in [0.29, 0.717) is 11.7 Å². The molecule has 0 aliphatic carbocycles. The molecule has 2 heterocycles. The molecule has 0 bridgehead atoms. The summed E-state index contributed by atoms with van der Waals surface area (Å²) in [7, 11) is 1.50. The van der Waals surface area contributed by atoms with Crippen molar-refractivity contribution in [3.05, 3.63) is 32.9 Å². The van der Waals surface area contributed by atoms with Gasteiger partial charge in [-0.15, -0.1) is 0 Å². The fraction of sp³-hybridized carbons (Fsp3) is 0.533. The van der Waals surface area contributed by atoms with Crippen LogP contribution in [-0.4, -0.2) is 36.9 Å². The molecule has 7 heteroatoms. The molecule has 2 rings (SSSR count). The predicted molar refractivity (Wildman–Crippen MR) is 94.9 cm³/mol. The first-order valence-electron chi connectivity index (χ1n) is 7.18. The van der Waals surface area contributed by atoms with E-state index in [0.717, 1.165) is 15.5 Å². The molecule has 22 heavy (non-hydrogen) atoms. The summed E-state index contributed by atoms with van der Waals surface area (Å²) in [5.41, 5.74) is 1.22. The van der Waals surface area contributed by atoms with Gasteiger partial charge in [0.2, 0.25) is 0 Å². The maximum Gasteiger partial charge on any atom is 0.491 e. The highest BCUT2D eigenvalue weighted by Crippen LogP contribution is 2.39. The van der Waals surface area contributed by atoms with E-state index in [1.165, 1.54) is 0 Å². The predicted octanol–water partition coefficient (Wildman–Crippen LogP) is 3.73. The molecule has 0 atom stereocenters. The monoisotopic (exact) mass is 386 g/mol. The third kappa shape index (κ3) is 3.74. The van der Waals surface area contributed by atoms with Crippen molar-refractivity contribution < 1.29 is 9.31 Å². The van der Waals surface area contributed by atoms with Crippen LogP contribution in [0.15, 0.2) is 22.2 Å². The maximum absolute atomic E-state index is 6.13. The summed E-state index contributed by atoms with van der Waals surface area (Å²) >= 11 is 9.48. The first-order valence-corrected chi connectivity index (χ1v) is 8.35. The summed E-state index contributed by atoms with van der Waals surface area (Å²) in [4.78, 5) is 4.05. The lowest BCUT2D eigenvalue weighted by Gasteiger charge is -2.32. The molecule has 1 fully saturated rings. The van der Waals surface area contributed by atoms with Gasteiger partial charge in [-0.05, 0) is 67.8 Å². The Morgan fingerprint density at radius 2 is 1.95 bits per heavy atom. The summed E-state index contributed by atoms with van der Waals surface area (Å²) in [6.07, 6.45) is 3.71. The van der Waals surface area contributed by atoms with E-state index in [4.69, 9.17) is 20.9 Å². The van der Waals surface area contributed by atoms with Crippen LogP contribution in [0.25, 0.3) is 6.08 Å². The van der Waals surface area contributed by atoms with Crippen LogP contribution in [0.1, 0.15) is 33.3 Å². The molecule has 1 aromatic rings. The second-order valence-corrected chi connectivity index (χ2v) is 7.61. The van der Waals surface area contributed by atoms with Crippen molar-refractivity contribution in [2.75, 3.05) is 13.6 Å². The van der Waals surface area contributed by atoms with Gasteiger partial charge in [0.05, 0.1) is 11.2 Å². The second-order valence-electron chi connectivity index (χ2n) is 6.37. The molecule has 1 aromatic heterocycles. The van der Waals surface area contributed by atoms with E-state index in [-0.39, 0.29) is 11.2 Å². The third-order valence-electron chi connectivity index (χ3n) is 4.13. The van der Waals surface area contributed by atoms with E-state index in [9.17, 15) is 0 Å². The molecule has 0 unspecified atom stereocenters. The number of pyridine rings is 1. The molecule has 0 saturated carbocycles. The number of halogens is 2. The topological polar surface area (TPSA) is 43.4 Å². The molecule has 1 aliphatic heterocycles. The Hall–Kier alpha value is -0.395. The summed E-state index contributed by atoms with van der Waals surface area (Å²) in [6.45, 7) is 8.84. The average molecular weight is 388 g/mol.